The van der Waals surface area contributed by atoms with Crippen molar-refractivity contribution < 1.29 is 18.3 Å². The Morgan fingerprint density at radius 1 is 1.15 bits per heavy atom. The first-order valence-electron chi connectivity index (χ1n) is 11.3. The minimum Gasteiger partial charge on any atom is -0.434 e. The molecule has 1 aliphatic carbocycles. The second-order valence-corrected chi connectivity index (χ2v) is 10.6. The Labute approximate surface area is 202 Å². The molecule has 178 valence electrons. The minimum atomic E-state index is -2.93. The highest BCUT2D eigenvalue weighted by atomic mass is 32.1. The third-order valence-electron chi connectivity index (χ3n) is 6.19. The summed E-state index contributed by atoms with van der Waals surface area (Å²) < 4.78 is 30.2. The van der Waals surface area contributed by atoms with Gasteiger partial charge in [-0.1, -0.05) is 51.1 Å². The zero-order valence-corrected chi connectivity index (χ0v) is 20.3. The Hall–Kier alpha value is -3.06. The van der Waals surface area contributed by atoms with Gasteiger partial charge in [0.15, 0.2) is 0 Å². The van der Waals surface area contributed by atoms with Crippen LogP contribution < -0.4 is 10.1 Å². The van der Waals surface area contributed by atoms with Crippen LogP contribution in [0.25, 0.3) is 0 Å². The molecule has 34 heavy (non-hydrogen) atoms. The van der Waals surface area contributed by atoms with Crippen molar-refractivity contribution in [1.82, 2.24) is 0 Å². The number of carbonyl (C=O) groups is 1. The summed E-state index contributed by atoms with van der Waals surface area (Å²) in [6.45, 7) is 3.82. The fraction of sp³-hybridized carbons (Fsp3) is 0.333. The standard InChI is InChI=1S/C27H28F2N2O2S/c1-27(2,3)18-13-14-20-22(15-18)34-25(23(20)24(32)31-19-10-5-4-6-11-19)30-16-17-9-7-8-12-21(17)33-26(28)29/h4-12,16,18,26H,13-15H2,1-3H3,(H,31,32)/t18-/m1/s1. The molecule has 7 heteroatoms. The van der Waals surface area contributed by atoms with Gasteiger partial charge in [-0.25, -0.2) is 4.99 Å². The number of hydrogen-bond donors (Lipinski definition) is 1. The molecule has 1 amide bonds. The smallest absolute Gasteiger partial charge is 0.387 e. The molecule has 0 saturated heterocycles. The van der Waals surface area contributed by atoms with Crippen LogP contribution in [0, 0.1) is 11.3 Å². The summed E-state index contributed by atoms with van der Waals surface area (Å²) in [7, 11) is 0. The van der Waals surface area contributed by atoms with E-state index in [1.165, 1.54) is 28.5 Å². The van der Waals surface area contributed by atoms with Crippen LogP contribution in [-0.2, 0) is 12.8 Å². The molecule has 0 radical (unpaired) electrons. The van der Waals surface area contributed by atoms with Crippen LogP contribution in [0.1, 0.15) is 53.6 Å². The number of benzene rings is 2. The summed E-state index contributed by atoms with van der Waals surface area (Å²) in [5, 5.41) is 3.57. The molecule has 1 aliphatic rings. The quantitative estimate of drug-likeness (QED) is 0.370. The summed E-state index contributed by atoms with van der Waals surface area (Å²) in [4.78, 5) is 19.1. The van der Waals surface area contributed by atoms with Crippen molar-refractivity contribution in [2.24, 2.45) is 16.3 Å². The minimum absolute atomic E-state index is 0.0469. The lowest BCUT2D eigenvalue weighted by molar-refractivity contribution is -0.0499. The number of aliphatic imine (C=N–C) groups is 1. The zero-order valence-electron chi connectivity index (χ0n) is 19.5. The molecule has 1 atom stereocenters. The molecule has 2 aromatic carbocycles. The van der Waals surface area contributed by atoms with E-state index < -0.39 is 6.61 Å². The third kappa shape index (κ3) is 5.53. The summed E-state index contributed by atoms with van der Waals surface area (Å²) >= 11 is 1.51. The van der Waals surface area contributed by atoms with Crippen LogP contribution >= 0.6 is 11.3 Å². The van der Waals surface area contributed by atoms with Gasteiger partial charge in [0, 0.05) is 22.3 Å². The summed E-state index contributed by atoms with van der Waals surface area (Å²) in [6.07, 6.45) is 4.21. The van der Waals surface area contributed by atoms with E-state index in [1.54, 1.807) is 18.2 Å². The molecule has 1 aromatic heterocycles. The van der Waals surface area contributed by atoms with Gasteiger partial charge in [-0.15, -0.1) is 11.3 Å². The number of para-hydroxylation sites is 2. The number of halogens is 2. The SMILES string of the molecule is CC(C)(C)[C@@H]1CCc2c(sc(N=Cc3ccccc3OC(F)F)c2C(=O)Nc2ccccc2)C1. The van der Waals surface area contributed by atoms with Crippen molar-refractivity contribution in [2.75, 3.05) is 5.32 Å². The van der Waals surface area contributed by atoms with Crippen molar-refractivity contribution in [1.29, 1.82) is 0 Å². The lowest BCUT2D eigenvalue weighted by Crippen LogP contribution is -2.27. The Balaban J connectivity index is 1.71. The van der Waals surface area contributed by atoms with E-state index in [-0.39, 0.29) is 17.1 Å². The number of nitrogens with zero attached hydrogens (tertiary/aromatic N) is 1. The predicted molar refractivity (Wildman–Crippen MR) is 134 cm³/mol. The molecular weight excluding hydrogens is 454 g/mol. The van der Waals surface area contributed by atoms with Gasteiger partial charge >= 0.3 is 6.61 Å². The van der Waals surface area contributed by atoms with Gasteiger partial charge in [0.25, 0.3) is 5.91 Å². The topological polar surface area (TPSA) is 50.7 Å². The van der Waals surface area contributed by atoms with Gasteiger partial charge in [-0.2, -0.15) is 8.78 Å². The molecule has 0 bridgehead atoms. The first-order valence-corrected chi connectivity index (χ1v) is 12.1. The molecule has 0 aliphatic heterocycles. The highest BCUT2D eigenvalue weighted by Crippen LogP contribution is 2.45. The first-order chi connectivity index (χ1) is 16.2. The van der Waals surface area contributed by atoms with E-state index in [4.69, 9.17) is 0 Å². The van der Waals surface area contributed by atoms with Crippen LogP contribution in [0.15, 0.2) is 59.6 Å². The number of fused-ring (bicyclic) bond motifs is 1. The number of rotatable bonds is 6. The van der Waals surface area contributed by atoms with Crippen LogP contribution in [0.2, 0.25) is 0 Å². The lowest BCUT2D eigenvalue weighted by Gasteiger charge is -2.33. The highest BCUT2D eigenvalue weighted by molar-refractivity contribution is 7.16. The number of nitrogens with one attached hydrogen (secondary N) is 1. The van der Waals surface area contributed by atoms with Gasteiger partial charge in [0.1, 0.15) is 10.8 Å². The monoisotopic (exact) mass is 482 g/mol. The predicted octanol–water partition coefficient (Wildman–Crippen LogP) is 7.50. The molecule has 0 saturated carbocycles. The molecule has 1 N–H and O–H groups in total. The maximum Gasteiger partial charge on any atom is 0.387 e. The van der Waals surface area contributed by atoms with Crippen molar-refractivity contribution in [3.05, 3.63) is 76.2 Å². The van der Waals surface area contributed by atoms with E-state index in [0.717, 1.165) is 24.8 Å². The number of alkyl halides is 2. The van der Waals surface area contributed by atoms with E-state index in [0.29, 0.717) is 27.7 Å². The summed E-state index contributed by atoms with van der Waals surface area (Å²) in [6, 6.07) is 15.8. The Kier molecular flexibility index (Phi) is 7.12. The number of anilines is 1. The van der Waals surface area contributed by atoms with Gasteiger partial charge in [0.2, 0.25) is 0 Å². The van der Waals surface area contributed by atoms with Crippen molar-refractivity contribution in [3.63, 3.8) is 0 Å². The highest BCUT2D eigenvalue weighted by Gasteiger charge is 2.33. The maximum absolute atomic E-state index is 13.4. The van der Waals surface area contributed by atoms with E-state index in [2.05, 4.69) is 35.8 Å². The number of carbonyl (C=O) groups excluding carboxylic acids is 1. The normalized spacial score (nSPS) is 16.0. The molecule has 0 unspecified atom stereocenters. The van der Waals surface area contributed by atoms with Crippen LogP contribution in [0.4, 0.5) is 19.5 Å². The molecule has 4 nitrogen and oxygen atoms in total. The average Bonchev–Trinajstić information content (AvgIpc) is 3.16. The number of ether oxygens (including phenoxy) is 1. The van der Waals surface area contributed by atoms with Crippen molar-refractivity contribution >= 4 is 34.1 Å². The van der Waals surface area contributed by atoms with Gasteiger partial charge in [-0.3, -0.25) is 4.79 Å². The van der Waals surface area contributed by atoms with Gasteiger partial charge < -0.3 is 10.1 Å². The summed E-state index contributed by atoms with van der Waals surface area (Å²) in [5.41, 5.74) is 2.92. The van der Waals surface area contributed by atoms with E-state index in [9.17, 15) is 13.6 Å². The Bertz CT molecular complexity index is 1180. The summed E-state index contributed by atoms with van der Waals surface area (Å²) in [5.74, 6) is 0.355. The van der Waals surface area contributed by atoms with Gasteiger partial charge in [0.05, 0.1) is 5.56 Å². The second kappa shape index (κ2) is 10.1. The molecular formula is C27H28F2N2O2S. The van der Waals surface area contributed by atoms with Crippen LogP contribution in [0.3, 0.4) is 0 Å². The molecule has 3 aromatic rings. The molecule has 0 spiro atoms. The second-order valence-electron chi connectivity index (χ2n) is 9.48. The van der Waals surface area contributed by atoms with Crippen LogP contribution in [-0.4, -0.2) is 18.7 Å². The number of amides is 1. The Morgan fingerprint density at radius 2 is 1.85 bits per heavy atom. The molecule has 4 rings (SSSR count). The van der Waals surface area contributed by atoms with Crippen molar-refractivity contribution in [2.45, 2.75) is 46.6 Å². The lowest BCUT2D eigenvalue weighted by atomic mass is 9.72. The van der Waals surface area contributed by atoms with Gasteiger partial charge in [-0.05, 0) is 60.4 Å². The average molecular weight is 483 g/mol. The third-order valence-corrected chi connectivity index (χ3v) is 7.35. The fourth-order valence-corrected chi connectivity index (χ4v) is 5.54. The maximum atomic E-state index is 13.4. The molecule has 1 heterocycles. The largest absolute Gasteiger partial charge is 0.434 e. The molecule has 0 fully saturated rings. The zero-order chi connectivity index (χ0) is 24.3. The van der Waals surface area contributed by atoms with Crippen LogP contribution in [0.5, 0.6) is 5.75 Å². The van der Waals surface area contributed by atoms with E-state index in [1.807, 2.05) is 30.3 Å². The number of thiophene rings is 1. The Morgan fingerprint density at radius 3 is 2.56 bits per heavy atom. The van der Waals surface area contributed by atoms with Crippen molar-refractivity contribution in [3.8, 4) is 5.75 Å². The fourth-order valence-electron chi connectivity index (χ4n) is 4.27. The first kappa shape index (κ1) is 24.1. The number of hydrogen-bond acceptors (Lipinski definition) is 4. The van der Waals surface area contributed by atoms with E-state index >= 15 is 0 Å².